The van der Waals surface area contributed by atoms with E-state index in [4.69, 9.17) is 5.73 Å². The van der Waals surface area contributed by atoms with Gasteiger partial charge in [-0.05, 0) is 32.8 Å². The van der Waals surface area contributed by atoms with Crippen LogP contribution in [0.4, 0.5) is 14.7 Å². The summed E-state index contributed by atoms with van der Waals surface area (Å²) in [6.45, 7) is 3.90. The third-order valence-corrected chi connectivity index (χ3v) is 5.14. The summed E-state index contributed by atoms with van der Waals surface area (Å²) < 4.78 is 29.1. The van der Waals surface area contributed by atoms with E-state index in [2.05, 4.69) is 51.0 Å². The molecule has 38 heavy (non-hydrogen) atoms. The predicted molar refractivity (Wildman–Crippen MR) is 139 cm³/mol. The van der Waals surface area contributed by atoms with E-state index >= 15 is 0 Å². The number of halogens is 2. The van der Waals surface area contributed by atoms with E-state index in [0.717, 1.165) is 12.1 Å². The summed E-state index contributed by atoms with van der Waals surface area (Å²) in [7, 11) is 1.67. The number of nitrogens with two attached hydrogens (primary N) is 1. The van der Waals surface area contributed by atoms with Crippen molar-refractivity contribution in [2.75, 3.05) is 19.3 Å². The van der Waals surface area contributed by atoms with Gasteiger partial charge in [0.2, 0.25) is 5.95 Å². The first-order valence-corrected chi connectivity index (χ1v) is 11.4. The normalized spacial score (nSPS) is 10.9. The van der Waals surface area contributed by atoms with Crippen LogP contribution in [0.25, 0.3) is 16.6 Å². The molecule has 0 atom stereocenters. The molecule has 0 aliphatic carbocycles. The summed E-state index contributed by atoms with van der Waals surface area (Å²) in [6, 6.07) is 1.89. The standard InChI is InChI=1S/C21H25F2N9O2.2C2H2/c1-21(2,34)11-31-25-10-15(28-31)19(33)30(3)7-5-4-6-16-26-18-13-8-12(22)9-14(23)17(13)27-20(24)32(18)29-16;2*1-2/h8-10,34H,4-7,11H2,1-3H3,(H2,24,27);2*1-2H. The number of aliphatic hydroxyl groups is 1. The Balaban J connectivity index is 0.00000121. The van der Waals surface area contributed by atoms with Gasteiger partial charge in [0.1, 0.15) is 11.3 Å². The van der Waals surface area contributed by atoms with Crippen molar-refractivity contribution < 1.29 is 18.7 Å². The summed E-state index contributed by atoms with van der Waals surface area (Å²) in [5.41, 5.74) is 5.25. The van der Waals surface area contributed by atoms with Gasteiger partial charge in [-0.25, -0.2) is 18.7 Å². The number of anilines is 1. The lowest BCUT2D eigenvalue weighted by Crippen LogP contribution is -2.29. The molecule has 3 aromatic heterocycles. The highest BCUT2D eigenvalue weighted by Gasteiger charge is 2.20. The second-order valence-electron chi connectivity index (χ2n) is 8.77. The van der Waals surface area contributed by atoms with Crippen LogP contribution in [0.15, 0.2) is 18.3 Å². The molecule has 0 aliphatic heterocycles. The third-order valence-electron chi connectivity index (χ3n) is 5.14. The zero-order valence-corrected chi connectivity index (χ0v) is 21.3. The molecule has 11 nitrogen and oxygen atoms in total. The lowest BCUT2D eigenvalue weighted by atomic mass is 10.1. The molecule has 200 valence electrons. The fourth-order valence-electron chi connectivity index (χ4n) is 3.55. The van der Waals surface area contributed by atoms with E-state index in [1.807, 2.05) is 0 Å². The Morgan fingerprint density at radius 3 is 2.47 bits per heavy atom. The van der Waals surface area contributed by atoms with Crippen molar-refractivity contribution in [1.82, 2.24) is 39.5 Å². The highest BCUT2D eigenvalue weighted by atomic mass is 19.1. The molecule has 0 saturated heterocycles. The van der Waals surface area contributed by atoms with Gasteiger partial charge in [0.25, 0.3) is 5.91 Å². The van der Waals surface area contributed by atoms with E-state index in [-0.39, 0.29) is 40.6 Å². The minimum atomic E-state index is -0.994. The number of fused-ring (bicyclic) bond motifs is 3. The van der Waals surface area contributed by atoms with Crippen molar-refractivity contribution in [3.8, 4) is 25.7 Å². The van der Waals surface area contributed by atoms with Gasteiger partial charge >= 0.3 is 0 Å². The molecule has 0 aliphatic rings. The number of nitrogen functional groups attached to an aromatic ring is 1. The summed E-state index contributed by atoms with van der Waals surface area (Å²) in [6.07, 6.45) is 19.2. The zero-order valence-electron chi connectivity index (χ0n) is 21.3. The molecule has 3 heterocycles. The minimum Gasteiger partial charge on any atom is -0.388 e. The number of hydrogen-bond donors (Lipinski definition) is 2. The first-order valence-electron chi connectivity index (χ1n) is 11.4. The quantitative estimate of drug-likeness (QED) is 0.263. The van der Waals surface area contributed by atoms with Gasteiger partial charge in [0, 0.05) is 26.1 Å². The molecule has 0 fully saturated rings. The second-order valence-corrected chi connectivity index (χ2v) is 8.77. The molecule has 1 amide bonds. The summed E-state index contributed by atoms with van der Waals surface area (Å²) in [4.78, 5) is 23.8. The Morgan fingerprint density at radius 2 is 1.82 bits per heavy atom. The average Bonchev–Trinajstić information content (AvgIpc) is 3.51. The lowest BCUT2D eigenvalue weighted by Gasteiger charge is -2.16. The van der Waals surface area contributed by atoms with Crippen molar-refractivity contribution in [3.05, 3.63) is 41.5 Å². The van der Waals surface area contributed by atoms with Gasteiger partial charge in [0.05, 0.1) is 23.7 Å². The molecule has 3 N–H and O–H groups in total. The second kappa shape index (κ2) is 12.6. The van der Waals surface area contributed by atoms with Crippen LogP contribution in [0.5, 0.6) is 0 Å². The first kappa shape index (κ1) is 29.6. The molecular weight excluding hydrogens is 496 g/mol. The molecule has 0 radical (unpaired) electrons. The maximum absolute atomic E-state index is 14.1. The number of unbranched alkanes of at least 4 members (excludes halogenated alkanes) is 1. The average molecular weight is 526 g/mol. The van der Waals surface area contributed by atoms with E-state index < -0.39 is 17.2 Å². The van der Waals surface area contributed by atoms with Gasteiger partial charge in [-0.3, -0.25) is 4.79 Å². The lowest BCUT2D eigenvalue weighted by molar-refractivity contribution is 0.0526. The van der Waals surface area contributed by atoms with Crippen LogP contribution < -0.4 is 5.73 Å². The maximum atomic E-state index is 14.1. The Labute approximate surface area is 218 Å². The molecule has 0 bridgehead atoms. The van der Waals surface area contributed by atoms with E-state index in [1.54, 1.807) is 20.9 Å². The topological polar surface area (TPSA) is 140 Å². The summed E-state index contributed by atoms with van der Waals surface area (Å²) >= 11 is 0. The first-order chi connectivity index (χ1) is 18.0. The van der Waals surface area contributed by atoms with Gasteiger partial charge in [0.15, 0.2) is 23.0 Å². The molecule has 0 unspecified atom stereocenters. The third kappa shape index (κ3) is 6.99. The SMILES string of the molecule is C#C.C#C.CN(CCCCc1nc2c3cc(F)cc(F)c3nc(N)n2n1)C(=O)c1cnn(CC(C)(C)O)n1. The number of hydrogen-bond acceptors (Lipinski definition) is 8. The number of aryl methyl sites for hydroxylation is 1. The fourth-order valence-corrected chi connectivity index (χ4v) is 3.55. The van der Waals surface area contributed by atoms with Crippen LogP contribution in [-0.4, -0.2) is 69.7 Å². The molecule has 4 rings (SSSR count). The number of carbonyl (C=O) groups is 1. The van der Waals surface area contributed by atoms with Crippen molar-refractivity contribution >= 4 is 28.4 Å². The number of amides is 1. The van der Waals surface area contributed by atoms with Gasteiger partial charge in [-0.15, -0.1) is 35.9 Å². The number of carbonyl (C=O) groups excluding carboxylic acids is 1. The number of nitrogens with zero attached hydrogens (tertiary/aromatic N) is 8. The molecule has 0 saturated carbocycles. The minimum absolute atomic E-state index is 0.0466. The van der Waals surface area contributed by atoms with Crippen LogP contribution in [0.2, 0.25) is 0 Å². The van der Waals surface area contributed by atoms with Crippen molar-refractivity contribution in [2.45, 2.75) is 45.3 Å². The van der Waals surface area contributed by atoms with E-state index in [1.165, 1.54) is 20.4 Å². The molecule has 13 heteroatoms. The smallest absolute Gasteiger partial charge is 0.275 e. The highest BCUT2D eigenvalue weighted by Crippen LogP contribution is 2.23. The van der Waals surface area contributed by atoms with Crippen molar-refractivity contribution in [2.24, 2.45) is 0 Å². The van der Waals surface area contributed by atoms with Crippen LogP contribution >= 0.6 is 0 Å². The summed E-state index contributed by atoms with van der Waals surface area (Å²) in [5.74, 6) is -1.43. The Bertz CT molecular complexity index is 1450. The summed E-state index contributed by atoms with van der Waals surface area (Å²) in [5, 5.41) is 22.5. The monoisotopic (exact) mass is 525 g/mol. The predicted octanol–water partition coefficient (Wildman–Crippen LogP) is 2.09. The number of benzene rings is 1. The molecule has 4 aromatic rings. The van der Waals surface area contributed by atoms with Crippen molar-refractivity contribution in [3.63, 3.8) is 0 Å². The van der Waals surface area contributed by atoms with E-state index in [0.29, 0.717) is 31.6 Å². The molecule has 0 spiro atoms. The fraction of sp³-hybridized carbons (Fsp3) is 0.360. The van der Waals surface area contributed by atoms with Crippen LogP contribution in [0.3, 0.4) is 0 Å². The number of terminal acetylenes is 2. The molecular formula is C25H29F2N9O2. The van der Waals surface area contributed by atoms with Gasteiger partial charge in [-0.2, -0.15) is 14.4 Å². The van der Waals surface area contributed by atoms with Crippen LogP contribution in [0, 0.1) is 37.3 Å². The highest BCUT2D eigenvalue weighted by molar-refractivity contribution is 5.92. The number of aromatic nitrogens is 7. The Hall–Kier alpha value is -4.62. The molecule has 1 aromatic carbocycles. The maximum Gasteiger partial charge on any atom is 0.275 e. The van der Waals surface area contributed by atoms with Gasteiger partial charge in [-0.1, -0.05) is 0 Å². The van der Waals surface area contributed by atoms with Crippen molar-refractivity contribution in [1.29, 1.82) is 0 Å². The van der Waals surface area contributed by atoms with E-state index in [9.17, 15) is 18.7 Å². The Kier molecular flexibility index (Phi) is 9.79. The Morgan fingerprint density at radius 1 is 1.13 bits per heavy atom. The largest absolute Gasteiger partial charge is 0.388 e. The zero-order chi connectivity index (χ0) is 28.6. The van der Waals surface area contributed by atoms with Crippen LogP contribution in [0.1, 0.15) is 43.0 Å². The van der Waals surface area contributed by atoms with Gasteiger partial charge < -0.3 is 15.7 Å². The van der Waals surface area contributed by atoms with Crippen LogP contribution in [-0.2, 0) is 13.0 Å². The number of rotatable bonds is 8.